The van der Waals surface area contributed by atoms with Gasteiger partial charge in [-0.2, -0.15) is 0 Å². The summed E-state index contributed by atoms with van der Waals surface area (Å²) < 4.78 is 0. The van der Waals surface area contributed by atoms with E-state index in [0.29, 0.717) is 18.2 Å². The molecule has 126 valence electrons. The third-order valence-corrected chi connectivity index (χ3v) is 4.54. The molecule has 1 unspecified atom stereocenters. The lowest BCUT2D eigenvalue weighted by Crippen LogP contribution is -2.34. The predicted octanol–water partition coefficient (Wildman–Crippen LogP) is 3.29. The van der Waals surface area contributed by atoms with Crippen molar-refractivity contribution in [3.05, 3.63) is 59.9 Å². The van der Waals surface area contributed by atoms with Gasteiger partial charge >= 0.3 is 0 Å². The second-order valence-electron chi connectivity index (χ2n) is 6.58. The summed E-state index contributed by atoms with van der Waals surface area (Å²) in [5.74, 6) is 0.605. The SMILES string of the molecule is CC1CCCN(c2ccnc(C(=O)NCCc3ccccc3)c2)C1. The number of hydrogen-bond acceptors (Lipinski definition) is 3. The van der Waals surface area contributed by atoms with Crippen LogP contribution in [0, 0.1) is 5.92 Å². The molecule has 1 atom stereocenters. The maximum Gasteiger partial charge on any atom is 0.269 e. The van der Waals surface area contributed by atoms with E-state index < -0.39 is 0 Å². The highest BCUT2D eigenvalue weighted by atomic mass is 16.1. The molecule has 1 amide bonds. The first kappa shape index (κ1) is 16.5. The monoisotopic (exact) mass is 323 g/mol. The van der Waals surface area contributed by atoms with Crippen LogP contribution in [0.15, 0.2) is 48.7 Å². The molecule has 1 aromatic heterocycles. The highest BCUT2D eigenvalue weighted by molar-refractivity contribution is 5.93. The molecule has 0 aliphatic carbocycles. The molecule has 24 heavy (non-hydrogen) atoms. The van der Waals surface area contributed by atoms with Gasteiger partial charge in [-0.25, -0.2) is 0 Å². The summed E-state index contributed by atoms with van der Waals surface area (Å²) in [5, 5.41) is 2.97. The smallest absolute Gasteiger partial charge is 0.269 e. The number of pyridine rings is 1. The van der Waals surface area contributed by atoms with Gasteiger partial charge in [0.1, 0.15) is 5.69 Å². The fourth-order valence-corrected chi connectivity index (χ4v) is 3.22. The van der Waals surface area contributed by atoms with Crippen LogP contribution in [0.2, 0.25) is 0 Å². The Labute approximate surface area is 143 Å². The number of nitrogens with one attached hydrogen (secondary N) is 1. The second kappa shape index (κ2) is 7.95. The summed E-state index contributed by atoms with van der Waals surface area (Å²) in [5.41, 5.74) is 2.82. The van der Waals surface area contributed by atoms with Gasteiger partial charge in [-0.1, -0.05) is 37.3 Å². The number of carbonyl (C=O) groups excluding carboxylic acids is 1. The number of benzene rings is 1. The molecule has 4 nitrogen and oxygen atoms in total. The lowest BCUT2D eigenvalue weighted by molar-refractivity contribution is 0.0949. The highest BCUT2D eigenvalue weighted by Crippen LogP contribution is 2.22. The number of carbonyl (C=O) groups is 1. The Kier molecular flexibility index (Phi) is 5.47. The lowest BCUT2D eigenvalue weighted by atomic mass is 10.00. The summed E-state index contributed by atoms with van der Waals surface area (Å²) >= 11 is 0. The maximum absolute atomic E-state index is 12.3. The van der Waals surface area contributed by atoms with Crippen LogP contribution >= 0.6 is 0 Å². The molecule has 1 aliphatic rings. The van der Waals surface area contributed by atoms with Crippen molar-refractivity contribution in [2.24, 2.45) is 5.92 Å². The van der Waals surface area contributed by atoms with Crippen molar-refractivity contribution < 1.29 is 4.79 Å². The van der Waals surface area contributed by atoms with E-state index >= 15 is 0 Å². The number of aromatic nitrogens is 1. The molecule has 1 aliphatic heterocycles. The zero-order valence-corrected chi connectivity index (χ0v) is 14.2. The van der Waals surface area contributed by atoms with Gasteiger partial charge in [0.05, 0.1) is 0 Å². The Balaban J connectivity index is 1.57. The normalized spacial score (nSPS) is 17.5. The molecular weight excluding hydrogens is 298 g/mol. The maximum atomic E-state index is 12.3. The molecule has 1 fully saturated rings. The molecule has 0 bridgehead atoms. The van der Waals surface area contributed by atoms with E-state index in [1.54, 1.807) is 6.20 Å². The van der Waals surface area contributed by atoms with Gasteiger partial charge < -0.3 is 10.2 Å². The minimum absolute atomic E-state index is 0.0992. The Morgan fingerprint density at radius 1 is 1.29 bits per heavy atom. The van der Waals surface area contributed by atoms with Crippen LogP contribution in [-0.2, 0) is 6.42 Å². The number of hydrogen-bond donors (Lipinski definition) is 1. The number of anilines is 1. The quantitative estimate of drug-likeness (QED) is 0.918. The summed E-state index contributed by atoms with van der Waals surface area (Å²) in [7, 11) is 0. The fourth-order valence-electron chi connectivity index (χ4n) is 3.22. The minimum atomic E-state index is -0.0992. The van der Waals surface area contributed by atoms with Crippen LogP contribution in [0.3, 0.4) is 0 Å². The molecule has 0 radical (unpaired) electrons. The first-order valence-electron chi connectivity index (χ1n) is 8.75. The van der Waals surface area contributed by atoms with Crippen molar-refractivity contribution in [2.45, 2.75) is 26.2 Å². The minimum Gasteiger partial charge on any atom is -0.371 e. The number of piperidine rings is 1. The fraction of sp³-hybridized carbons (Fsp3) is 0.400. The number of rotatable bonds is 5. The predicted molar refractivity (Wildman–Crippen MR) is 97.3 cm³/mol. The van der Waals surface area contributed by atoms with Crippen molar-refractivity contribution in [3.63, 3.8) is 0 Å². The zero-order chi connectivity index (χ0) is 16.8. The second-order valence-corrected chi connectivity index (χ2v) is 6.58. The topological polar surface area (TPSA) is 45.2 Å². The van der Waals surface area contributed by atoms with E-state index in [0.717, 1.165) is 25.2 Å². The van der Waals surface area contributed by atoms with Crippen LogP contribution in [0.1, 0.15) is 35.8 Å². The molecule has 1 aromatic carbocycles. The van der Waals surface area contributed by atoms with Gasteiger partial charge in [0.25, 0.3) is 5.91 Å². The van der Waals surface area contributed by atoms with Crippen molar-refractivity contribution in [1.82, 2.24) is 10.3 Å². The highest BCUT2D eigenvalue weighted by Gasteiger charge is 2.18. The van der Waals surface area contributed by atoms with Crippen molar-refractivity contribution in [3.8, 4) is 0 Å². The summed E-state index contributed by atoms with van der Waals surface area (Å²) in [4.78, 5) is 18.9. The van der Waals surface area contributed by atoms with Gasteiger partial charge in [0.2, 0.25) is 0 Å². The summed E-state index contributed by atoms with van der Waals surface area (Å²) in [6.45, 7) is 5.02. The number of amides is 1. The molecule has 4 heteroatoms. The molecule has 0 saturated carbocycles. The van der Waals surface area contributed by atoms with E-state index in [-0.39, 0.29) is 5.91 Å². The largest absolute Gasteiger partial charge is 0.371 e. The lowest BCUT2D eigenvalue weighted by Gasteiger charge is -2.32. The van der Waals surface area contributed by atoms with Crippen LogP contribution in [-0.4, -0.2) is 30.5 Å². The average molecular weight is 323 g/mol. The van der Waals surface area contributed by atoms with Crippen LogP contribution in [0.25, 0.3) is 0 Å². The van der Waals surface area contributed by atoms with Gasteiger partial charge in [0.15, 0.2) is 0 Å². The van der Waals surface area contributed by atoms with Gasteiger partial charge in [-0.05, 0) is 42.9 Å². The summed E-state index contributed by atoms with van der Waals surface area (Å²) in [6, 6.07) is 14.1. The standard InChI is InChI=1S/C20H25N3O/c1-16-6-5-13-23(15-16)18-10-12-21-19(14-18)20(24)22-11-9-17-7-3-2-4-8-17/h2-4,7-8,10,12,14,16H,5-6,9,11,13,15H2,1H3,(H,22,24). The third-order valence-electron chi connectivity index (χ3n) is 4.54. The Bertz CT molecular complexity index is 672. The molecule has 0 spiro atoms. The van der Waals surface area contributed by atoms with Crippen LogP contribution in [0.5, 0.6) is 0 Å². The molecule has 1 saturated heterocycles. The van der Waals surface area contributed by atoms with Gasteiger partial charge in [0, 0.05) is 31.5 Å². The molecule has 2 heterocycles. The number of nitrogens with zero attached hydrogens (tertiary/aromatic N) is 2. The van der Waals surface area contributed by atoms with E-state index in [4.69, 9.17) is 0 Å². The van der Waals surface area contributed by atoms with E-state index in [1.165, 1.54) is 18.4 Å². The van der Waals surface area contributed by atoms with Gasteiger partial charge in [-0.15, -0.1) is 0 Å². The first-order chi connectivity index (χ1) is 11.7. The molecule has 2 aromatic rings. The molecule has 1 N–H and O–H groups in total. The van der Waals surface area contributed by atoms with Crippen LogP contribution < -0.4 is 10.2 Å². The molecular formula is C20H25N3O. The van der Waals surface area contributed by atoms with E-state index in [1.807, 2.05) is 30.3 Å². The van der Waals surface area contributed by atoms with Crippen molar-refractivity contribution >= 4 is 11.6 Å². The van der Waals surface area contributed by atoms with Crippen LogP contribution in [0.4, 0.5) is 5.69 Å². The van der Waals surface area contributed by atoms with E-state index in [2.05, 4.69) is 34.3 Å². The third kappa shape index (κ3) is 4.34. The van der Waals surface area contributed by atoms with Gasteiger partial charge in [-0.3, -0.25) is 9.78 Å². The Morgan fingerprint density at radius 2 is 2.12 bits per heavy atom. The Hall–Kier alpha value is -2.36. The van der Waals surface area contributed by atoms with Crippen molar-refractivity contribution in [1.29, 1.82) is 0 Å². The Morgan fingerprint density at radius 3 is 2.92 bits per heavy atom. The first-order valence-corrected chi connectivity index (χ1v) is 8.75. The zero-order valence-electron chi connectivity index (χ0n) is 14.2. The molecule has 3 rings (SSSR count). The average Bonchev–Trinajstić information content (AvgIpc) is 2.63. The van der Waals surface area contributed by atoms with E-state index in [9.17, 15) is 4.79 Å². The summed E-state index contributed by atoms with van der Waals surface area (Å²) in [6.07, 6.45) is 5.06. The van der Waals surface area contributed by atoms with Crippen molar-refractivity contribution in [2.75, 3.05) is 24.5 Å².